The lowest BCUT2D eigenvalue weighted by Gasteiger charge is -2.23. The summed E-state index contributed by atoms with van der Waals surface area (Å²) in [5, 5.41) is 8.54. The van der Waals surface area contributed by atoms with Crippen molar-refractivity contribution in [2.24, 2.45) is 0 Å². The maximum Gasteiger partial charge on any atom is 0.176 e. The van der Waals surface area contributed by atoms with Crippen molar-refractivity contribution < 1.29 is 4.74 Å². The predicted octanol–water partition coefficient (Wildman–Crippen LogP) is 3.00. The van der Waals surface area contributed by atoms with Gasteiger partial charge in [-0.1, -0.05) is 18.0 Å². The van der Waals surface area contributed by atoms with Crippen molar-refractivity contribution in [2.75, 3.05) is 6.54 Å². The summed E-state index contributed by atoms with van der Waals surface area (Å²) in [7, 11) is 0. The quantitative estimate of drug-likeness (QED) is 0.923. The molecule has 2 fully saturated rings. The first kappa shape index (κ1) is 13.3. The zero-order chi connectivity index (χ0) is 13.1. The van der Waals surface area contributed by atoms with Crippen LogP contribution in [-0.2, 0) is 6.54 Å². The first-order chi connectivity index (χ1) is 9.33. The predicted molar refractivity (Wildman–Crippen MR) is 75.8 cm³/mol. The molecule has 106 valence electrons. The molecular weight excluding hydrogens is 262 g/mol. The average Bonchev–Trinajstić information content (AvgIpc) is 3.05. The van der Waals surface area contributed by atoms with Crippen LogP contribution in [0.4, 0.5) is 0 Å². The van der Waals surface area contributed by atoms with E-state index in [0.29, 0.717) is 17.3 Å². The second-order valence-corrected chi connectivity index (χ2v) is 6.01. The van der Waals surface area contributed by atoms with Crippen LogP contribution >= 0.6 is 11.6 Å². The van der Waals surface area contributed by atoms with Crippen molar-refractivity contribution in [1.82, 2.24) is 15.1 Å². The minimum atomic E-state index is 0.336. The first-order valence-corrected chi connectivity index (χ1v) is 7.82. The summed E-state index contributed by atoms with van der Waals surface area (Å²) in [6, 6.07) is 0.491. The van der Waals surface area contributed by atoms with Gasteiger partial charge in [-0.25, -0.2) is 4.68 Å². The Balaban J connectivity index is 1.60. The highest BCUT2D eigenvalue weighted by molar-refractivity contribution is 6.31. The van der Waals surface area contributed by atoms with Crippen molar-refractivity contribution >= 4 is 11.6 Å². The van der Waals surface area contributed by atoms with Crippen molar-refractivity contribution in [3.63, 3.8) is 0 Å². The monoisotopic (exact) mass is 283 g/mol. The maximum atomic E-state index is 6.37. The van der Waals surface area contributed by atoms with Crippen LogP contribution in [0.2, 0.25) is 5.15 Å². The van der Waals surface area contributed by atoms with Gasteiger partial charge in [0.2, 0.25) is 0 Å². The van der Waals surface area contributed by atoms with Gasteiger partial charge in [0.15, 0.2) is 10.9 Å². The molecule has 1 N–H and O–H groups in total. The lowest BCUT2D eigenvalue weighted by atomic mass is 10.1. The largest absolute Gasteiger partial charge is 0.486 e. The highest BCUT2D eigenvalue weighted by Crippen LogP contribution is 2.29. The number of ether oxygens (including phenoxy) is 1. The fourth-order valence-corrected chi connectivity index (χ4v) is 3.24. The molecule has 2 heterocycles. The highest BCUT2D eigenvalue weighted by atomic mass is 35.5. The van der Waals surface area contributed by atoms with Gasteiger partial charge < -0.3 is 10.1 Å². The Hall–Kier alpha value is -0.740. The van der Waals surface area contributed by atoms with Gasteiger partial charge in [0.1, 0.15) is 0 Å². The molecule has 0 spiro atoms. The van der Waals surface area contributed by atoms with Gasteiger partial charge in [-0.05, 0) is 45.1 Å². The molecule has 1 atom stereocenters. The molecule has 4 nitrogen and oxygen atoms in total. The summed E-state index contributed by atoms with van der Waals surface area (Å²) in [5.74, 6) is 0.754. The van der Waals surface area contributed by atoms with Crippen LogP contribution in [0.15, 0.2) is 6.20 Å². The molecule has 0 amide bonds. The fraction of sp³-hybridized carbons (Fsp3) is 0.786. The number of aromatic nitrogens is 2. The molecule has 1 aromatic rings. The third-order valence-corrected chi connectivity index (χ3v) is 4.53. The molecule has 1 aromatic heterocycles. The Morgan fingerprint density at radius 1 is 1.26 bits per heavy atom. The average molecular weight is 284 g/mol. The number of hydrogen-bond acceptors (Lipinski definition) is 3. The van der Waals surface area contributed by atoms with Crippen molar-refractivity contribution in [3.8, 4) is 5.75 Å². The van der Waals surface area contributed by atoms with Gasteiger partial charge in [0, 0.05) is 6.04 Å². The minimum Gasteiger partial charge on any atom is -0.486 e. The normalized spacial score (nSPS) is 24.8. The van der Waals surface area contributed by atoms with E-state index >= 15 is 0 Å². The first-order valence-electron chi connectivity index (χ1n) is 7.44. The van der Waals surface area contributed by atoms with Crippen LogP contribution < -0.4 is 10.1 Å². The molecule has 1 aliphatic heterocycles. The Bertz CT molecular complexity index is 409. The van der Waals surface area contributed by atoms with E-state index in [4.69, 9.17) is 16.3 Å². The van der Waals surface area contributed by atoms with Gasteiger partial charge in [-0.3, -0.25) is 0 Å². The third-order valence-electron chi connectivity index (χ3n) is 4.15. The molecule has 0 radical (unpaired) electrons. The van der Waals surface area contributed by atoms with Gasteiger partial charge >= 0.3 is 0 Å². The SMILES string of the molecule is Clc1c(OC2CCCC2)cnn1CC1CCCCN1. The molecule has 5 heteroatoms. The molecule has 1 saturated carbocycles. The number of nitrogens with zero attached hydrogens (tertiary/aromatic N) is 2. The summed E-state index contributed by atoms with van der Waals surface area (Å²) in [6.07, 6.45) is 10.7. The van der Waals surface area contributed by atoms with E-state index in [0.717, 1.165) is 31.7 Å². The Morgan fingerprint density at radius 2 is 2.05 bits per heavy atom. The summed E-state index contributed by atoms with van der Waals surface area (Å²) in [6.45, 7) is 1.95. The smallest absolute Gasteiger partial charge is 0.176 e. The third kappa shape index (κ3) is 3.23. The zero-order valence-electron chi connectivity index (χ0n) is 11.3. The topological polar surface area (TPSA) is 39.1 Å². The summed E-state index contributed by atoms with van der Waals surface area (Å²) < 4.78 is 7.81. The number of rotatable bonds is 4. The molecule has 19 heavy (non-hydrogen) atoms. The van der Waals surface area contributed by atoms with Crippen LogP contribution in [0.25, 0.3) is 0 Å². The van der Waals surface area contributed by atoms with Crippen LogP contribution in [-0.4, -0.2) is 28.5 Å². The van der Waals surface area contributed by atoms with Crippen LogP contribution in [0.1, 0.15) is 44.9 Å². The lowest BCUT2D eigenvalue weighted by Crippen LogP contribution is -2.37. The van der Waals surface area contributed by atoms with Gasteiger partial charge in [-0.2, -0.15) is 5.10 Å². The van der Waals surface area contributed by atoms with E-state index in [2.05, 4.69) is 10.4 Å². The van der Waals surface area contributed by atoms with Gasteiger partial charge in [-0.15, -0.1) is 0 Å². The van der Waals surface area contributed by atoms with E-state index in [1.165, 1.54) is 32.1 Å². The Morgan fingerprint density at radius 3 is 2.79 bits per heavy atom. The Kier molecular flexibility index (Phi) is 4.28. The fourth-order valence-electron chi connectivity index (χ4n) is 3.03. The zero-order valence-corrected chi connectivity index (χ0v) is 12.0. The molecule has 0 aromatic carbocycles. The molecule has 3 rings (SSSR count). The molecule has 1 aliphatic carbocycles. The van der Waals surface area contributed by atoms with Gasteiger partial charge in [0.25, 0.3) is 0 Å². The highest BCUT2D eigenvalue weighted by Gasteiger charge is 2.21. The second kappa shape index (κ2) is 6.14. The standard InChI is InChI=1S/C14H22ClN3O/c15-14-13(19-12-6-1-2-7-12)9-17-18(14)10-11-5-3-4-8-16-11/h9,11-12,16H,1-8,10H2. The summed E-state index contributed by atoms with van der Waals surface area (Å²) in [4.78, 5) is 0. The summed E-state index contributed by atoms with van der Waals surface area (Å²) in [5.41, 5.74) is 0. The van der Waals surface area contributed by atoms with Crippen LogP contribution in [0.3, 0.4) is 0 Å². The number of halogens is 1. The molecular formula is C14H22ClN3O. The molecule has 0 bridgehead atoms. The van der Waals surface area contributed by atoms with Crippen LogP contribution in [0.5, 0.6) is 5.75 Å². The second-order valence-electron chi connectivity index (χ2n) is 5.65. The molecule has 2 aliphatic rings. The van der Waals surface area contributed by atoms with E-state index in [-0.39, 0.29) is 0 Å². The number of nitrogens with one attached hydrogen (secondary N) is 1. The van der Waals surface area contributed by atoms with E-state index in [1.54, 1.807) is 6.20 Å². The lowest BCUT2D eigenvalue weighted by molar-refractivity contribution is 0.210. The van der Waals surface area contributed by atoms with E-state index in [1.807, 2.05) is 4.68 Å². The number of piperidine rings is 1. The van der Waals surface area contributed by atoms with Crippen LogP contribution in [0, 0.1) is 0 Å². The van der Waals surface area contributed by atoms with Crippen molar-refractivity contribution in [3.05, 3.63) is 11.3 Å². The van der Waals surface area contributed by atoms with E-state index < -0.39 is 0 Å². The summed E-state index contributed by atoms with van der Waals surface area (Å²) >= 11 is 6.37. The van der Waals surface area contributed by atoms with Crippen molar-refractivity contribution in [1.29, 1.82) is 0 Å². The van der Waals surface area contributed by atoms with Gasteiger partial charge in [0.05, 0.1) is 18.8 Å². The van der Waals surface area contributed by atoms with Crippen molar-refractivity contribution in [2.45, 2.75) is 63.6 Å². The molecule has 1 saturated heterocycles. The molecule has 1 unspecified atom stereocenters. The maximum absolute atomic E-state index is 6.37. The number of hydrogen-bond donors (Lipinski definition) is 1. The Labute approximate surface area is 119 Å². The minimum absolute atomic E-state index is 0.336. The van der Waals surface area contributed by atoms with E-state index in [9.17, 15) is 0 Å².